The van der Waals surface area contributed by atoms with Crippen LogP contribution in [0.5, 0.6) is 17.2 Å². The van der Waals surface area contributed by atoms with Gasteiger partial charge in [-0.3, -0.25) is 33.6 Å². The van der Waals surface area contributed by atoms with Crippen molar-refractivity contribution in [2.45, 2.75) is 0 Å². The Kier molecular flexibility index (Phi) is 26.0. The number of para-hydroxylation sites is 7. The van der Waals surface area contributed by atoms with Gasteiger partial charge in [-0.1, -0.05) is 146 Å². The van der Waals surface area contributed by atoms with Crippen LogP contribution in [0.2, 0.25) is 0 Å². The van der Waals surface area contributed by atoms with Crippen LogP contribution >= 0.6 is 0 Å². The maximum atomic E-state index is 13.4. The van der Waals surface area contributed by atoms with E-state index in [9.17, 15) is 58.5 Å². The molecule has 33 heteroatoms. The highest BCUT2D eigenvalue weighted by atomic mass is 16.5. The van der Waals surface area contributed by atoms with Crippen molar-refractivity contribution in [3.63, 3.8) is 0 Å². The lowest BCUT2D eigenvalue weighted by Crippen LogP contribution is -2.13. The molecule has 13 aromatic carbocycles. The van der Waals surface area contributed by atoms with E-state index in [4.69, 9.17) is 15.2 Å². The number of primary amides is 1. The van der Waals surface area contributed by atoms with Crippen molar-refractivity contribution in [3.05, 3.63) is 354 Å². The van der Waals surface area contributed by atoms with Gasteiger partial charge in [-0.05, 0) is 156 Å². The molecule has 127 heavy (non-hydrogen) atoms. The van der Waals surface area contributed by atoms with Gasteiger partial charge in [0.1, 0.15) is 33.8 Å². The molecule has 0 saturated heterocycles. The lowest BCUT2D eigenvalue weighted by Gasteiger charge is -2.13. The van der Waals surface area contributed by atoms with Gasteiger partial charge in [-0.15, -0.1) is 30.7 Å². The third kappa shape index (κ3) is 19.8. The maximum absolute atomic E-state index is 13.4. The number of carbonyl (C=O) groups excluding carboxylic acids is 9. The van der Waals surface area contributed by atoms with Gasteiger partial charge in [-0.2, -0.15) is 15.3 Å². The molecule has 0 unspecified atom stereocenters. The summed E-state index contributed by atoms with van der Waals surface area (Å²) in [6, 6.07) is 81.0. The number of azo groups is 3. The molecule has 11 N–H and O–H groups in total. The highest BCUT2D eigenvalue weighted by molar-refractivity contribution is 6.17. The van der Waals surface area contributed by atoms with Gasteiger partial charge in [0.15, 0.2) is 34.7 Å². The molecule has 0 saturated carbocycles. The average Bonchev–Trinajstić information content (AvgIpc) is 1.06. The predicted molar refractivity (Wildman–Crippen MR) is 477 cm³/mol. The summed E-state index contributed by atoms with van der Waals surface area (Å²) in [5.74, 6) is -6.10. The number of benzene rings is 13. The molecule has 7 amide bonds. The first-order valence-corrected chi connectivity index (χ1v) is 38.6. The summed E-state index contributed by atoms with van der Waals surface area (Å²) in [5.41, 5.74) is 10.1. The number of esters is 2. The first-order valence-electron chi connectivity index (χ1n) is 38.6. The zero-order valence-electron chi connectivity index (χ0n) is 67.6. The van der Waals surface area contributed by atoms with E-state index in [2.05, 4.69) is 77.9 Å². The molecule has 0 aliphatic rings. The molecule has 3 aromatic heterocycles. The Morgan fingerprint density at radius 2 is 0.567 bits per heavy atom. The number of fused-ring (bicyclic) bond motifs is 3. The molecule has 16 aromatic rings. The summed E-state index contributed by atoms with van der Waals surface area (Å²) in [7, 11) is 5.60. The molecule has 628 valence electrons. The predicted octanol–water partition coefficient (Wildman–Crippen LogP) is 18.7. The number of nitrogens with one attached hydrogen (secondary N) is 6. The quantitative estimate of drug-likeness (QED) is 0.0222. The van der Waals surface area contributed by atoms with E-state index in [0.29, 0.717) is 88.8 Å². The number of aromatic hydroxyl groups is 3. The van der Waals surface area contributed by atoms with Crippen LogP contribution in [0.1, 0.15) is 93.2 Å². The molecule has 0 aliphatic carbocycles. The molecule has 3 heterocycles. The van der Waals surface area contributed by atoms with E-state index in [1.165, 1.54) is 65.1 Å². The van der Waals surface area contributed by atoms with Crippen molar-refractivity contribution in [2.75, 3.05) is 46.1 Å². The van der Waals surface area contributed by atoms with E-state index in [1.807, 2.05) is 66.7 Å². The van der Waals surface area contributed by atoms with Crippen LogP contribution in [0.25, 0.3) is 38.0 Å². The number of carbonyl (C=O) groups is 9. The van der Waals surface area contributed by atoms with Gasteiger partial charge in [0, 0.05) is 81.1 Å². The van der Waals surface area contributed by atoms with Gasteiger partial charge in [0.25, 0.3) is 41.4 Å². The summed E-state index contributed by atoms with van der Waals surface area (Å²) >= 11 is 0. The number of hydrogen-bond donors (Lipinski definition) is 10. The molecule has 0 radical (unpaired) electrons. The molecule has 0 spiro atoms. The van der Waals surface area contributed by atoms with Crippen molar-refractivity contribution in [1.29, 1.82) is 0 Å². The van der Waals surface area contributed by atoms with E-state index in [-0.39, 0.29) is 85.6 Å². The first-order chi connectivity index (χ1) is 61.6. The Hall–Kier alpha value is -18.3. The number of aromatic nitrogens is 6. The lowest BCUT2D eigenvalue weighted by atomic mass is 10.0. The van der Waals surface area contributed by atoms with E-state index in [0.717, 1.165) is 0 Å². The van der Waals surface area contributed by atoms with Gasteiger partial charge >= 0.3 is 11.9 Å². The Morgan fingerprint density at radius 1 is 0.307 bits per heavy atom. The van der Waals surface area contributed by atoms with Crippen LogP contribution in [0.4, 0.5) is 68.6 Å². The van der Waals surface area contributed by atoms with Gasteiger partial charge in [-0.25, -0.2) is 23.6 Å². The summed E-state index contributed by atoms with van der Waals surface area (Å²) in [6.07, 6.45) is 3.86. The second kappa shape index (κ2) is 38.8. The van der Waals surface area contributed by atoms with Crippen molar-refractivity contribution in [3.8, 4) is 22.9 Å². The number of anilines is 6. The number of nitrogens with two attached hydrogens (primary N) is 1. The number of nitrogens with zero attached hydrogens (tertiary/aromatic N) is 12. The summed E-state index contributed by atoms with van der Waals surface area (Å²) in [5, 5.41) is 90.9. The van der Waals surface area contributed by atoms with Crippen molar-refractivity contribution < 1.29 is 67.9 Å². The maximum Gasteiger partial charge on any atom is 0.343 e. The highest BCUT2D eigenvalue weighted by Gasteiger charge is 2.27. The second-order valence-corrected chi connectivity index (χ2v) is 27.7. The minimum absolute atomic E-state index is 0.0345. The lowest BCUT2D eigenvalue weighted by molar-refractivity contribution is 0.0592. The number of aryl methyl sites for hydroxylation is 2. The first kappa shape index (κ1) is 85.1. The fraction of sp³-hybridized carbons (Fsp3) is 0.0426. The molecular weight excluding hydrogens is 1620 g/mol. The minimum Gasteiger partial charge on any atom is -0.505 e. The third-order valence-electron chi connectivity index (χ3n) is 19.3. The van der Waals surface area contributed by atoms with Crippen LogP contribution in [0.3, 0.4) is 0 Å². The van der Waals surface area contributed by atoms with Crippen LogP contribution in [0.15, 0.2) is 334 Å². The topological polar surface area (TPSA) is 459 Å². The van der Waals surface area contributed by atoms with Crippen molar-refractivity contribution in [2.24, 2.45) is 50.5 Å². The fourth-order valence-corrected chi connectivity index (χ4v) is 13.0. The Labute approximate surface area is 721 Å². The number of methoxy groups -OCH3 is 2. The van der Waals surface area contributed by atoms with Crippen molar-refractivity contribution >= 4 is 154 Å². The van der Waals surface area contributed by atoms with E-state index >= 15 is 0 Å². The summed E-state index contributed by atoms with van der Waals surface area (Å²) < 4.78 is 13.8. The number of hydrogen-bond acceptors (Lipinski definition) is 23. The van der Waals surface area contributed by atoms with Crippen molar-refractivity contribution in [1.82, 2.24) is 29.3 Å². The zero-order valence-corrected chi connectivity index (χ0v) is 67.6. The smallest absolute Gasteiger partial charge is 0.343 e. The number of ether oxygens (including phenoxy) is 2. The van der Waals surface area contributed by atoms with E-state index in [1.54, 1.807) is 214 Å². The summed E-state index contributed by atoms with van der Waals surface area (Å²) in [4.78, 5) is 116. The largest absolute Gasteiger partial charge is 0.505 e. The summed E-state index contributed by atoms with van der Waals surface area (Å²) in [6.45, 7) is 0. The second-order valence-electron chi connectivity index (χ2n) is 27.7. The van der Waals surface area contributed by atoms with Gasteiger partial charge < -0.3 is 62.4 Å². The Balaban J connectivity index is 0.000000155. The van der Waals surface area contributed by atoms with E-state index < -0.39 is 52.8 Å². The number of amides is 7. The monoisotopic (exact) mass is 1690 g/mol. The molecule has 0 fully saturated rings. The molecule has 33 nitrogen and oxygen atoms in total. The van der Waals surface area contributed by atoms with Gasteiger partial charge in [0.05, 0.1) is 55.2 Å². The van der Waals surface area contributed by atoms with Crippen LogP contribution in [-0.4, -0.2) is 112 Å². The Bertz CT molecular complexity index is 7000. The third-order valence-corrected chi connectivity index (χ3v) is 19.3. The molecule has 0 bridgehead atoms. The number of phenols is 3. The van der Waals surface area contributed by atoms with Crippen LogP contribution in [-0.2, 0) is 23.6 Å². The molecular formula is C94H73N19O14. The Morgan fingerprint density at radius 3 is 0.866 bits per heavy atom. The number of rotatable bonds is 22. The average molecular weight is 1690 g/mol. The van der Waals surface area contributed by atoms with Crippen LogP contribution in [0, 0.1) is 0 Å². The molecule has 0 aliphatic heterocycles. The normalized spacial score (nSPS) is 11.0. The number of phenolic OH excluding ortho intramolecular Hbond substituents is 3. The standard InChI is InChI=1S/C35H26N6O5.C30H24N6O5.C29H23N7O4/c1-46-35(45)29-21-36-41(26-15-9-4-10-16-26)32(29)40-39-30-27-18-17-22(33(43)37-24-11-5-2-6-12-24)19-23(27)20-28(31(30)42)34(44)38-25-13-7-3-8-14-25;1-36-27(24(17-31-36)30(40)41-2)35-34-25-22-14-13-18(28(38)32-20-9-5-3-6-10-20)15-19(22)16-23(26(25)37)29(39)33-21-11-7-4-8-12-21;1-36-27(23(16-31-36)26(30)38)35-34-24-21-13-12-17(28(39)32-19-8-4-2-5-9-19)14-18(21)15-22(25(24)37)29(40)33-20-10-6-3-7-11-20/h2-21,42H,1H3,(H,37,43)(H,38,44);3-17,37H,1-2H3,(H,32,38)(H,33,39);2-16,37H,1H3,(H2,30,38)(H,32,39)(H,33,40). The molecule has 0 atom stereocenters. The van der Waals surface area contributed by atoms with Crippen LogP contribution < -0.4 is 37.6 Å². The highest BCUT2D eigenvalue weighted by Crippen LogP contribution is 2.45. The fourth-order valence-electron chi connectivity index (χ4n) is 13.0. The SMILES string of the molecule is COC(=O)c1cnn(-c2ccccc2)c1N=Nc1c(O)c(C(=O)Nc2ccccc2)cc2cc(C(=O)Nc3ccccc3)ccc12.COC(=O)c1cnn(C)c1N=Nc1c(O)c(C(=O)Nc2ccccc2)cc2cc(C(=O)Nc3ccccc3)ccc12.Cn1ncc(C(N)=O)c1N=Nc1c(O)c(C(=O)Nc2ccccc2)cc2cc(C(=O)Nc3ccccc3)ccc12. The zero-order chi connectivity index (χ0) is 89.2. The molecule has 16 rings (SSSR count). The minimum atomic E-state index is -0.749. The van der Waals surface area contributed by atoms with Gasteiger partial charge in [0.2, 0.25) is 0 Å².